The normalized spacial score (nSPS) is 10.8. The maximum Gasteiger partial charge on any atom is 0.316 e. The molecule has 0 aliphatic carbocycles. The molecule has 0 fully saturated rings. The number of carbonyl (C=O) groups excluding carboxylic acids is 1. The van der Waals surface area contributed by atoms with Gasteiger partial charge in [0.15, 0.2) is 5.75 Å². The number of aryl methyl sites for hydroxylation is 2. The Hall–Kier alpha value is -4.24. The molecule has 0 saturated carbocycles. The van der Waals surface area contributed by atoms with Gasteiger partial charge in [-0.25, -0.2) is 0 Å². The summed E-state index contributed by atoms with van der Waals surface area (Å²) in [5.41, 5.74) is 0.0935. The zero-order chi connectivity index (χ0) is 25.3. The van der Waals surface area contributed by atoms with E-state index in [9.17, 15) is 14.4 Å². The Balaban J connectivity index is 1.83. The number of hydrogen-bond donors (Lipinski definition) is 1. The summed E-state index contributed by atoms with van der Waals surface area (Å²) in [5.74, 6) is 1.38. The maximum atomic E-state index is 13.1. The van der Waals surface area contributed by atoms with Crippen LogP contribution in [0.4, 0.5) is 5.69 Å². The number of ether oxygens (including phenoxy) is 3. The highest BCUT2D eigenvalue weighted by atomic mass is 35.5. The zero-order valence-electron chi connectivity index (χ0n) is 19.4. The molecule has 0 unspecified atom stereocenters. The van der Waals surface area contributed by atoms with Crippen LogP contribution in [0.15, 0.2) is 64.2 Å². The summed E-state index contributed by atoms with van der Waals surface area (Å²) in [6.07, 6.45) is 0. The van der Waals surface area contributed by atoms with Crippen molar-refractivity contribution in [2.24, 2.45) is 14.1 Å². The van der Waals surface area contributed by atoms with E-state index in [2.05, 4.69) is 5.32 Å². The zero-order valence-corrected chi connectivity index (χ0v) is 20.2. The van der Waals surface area contributed by atoms with E-state index in [-0.39, 0.29) is 10.8 Å². The Bertz CT molecular complexity index is 1560. The van der Waals surface area contributed by atoms with Crippen molar-refractivity contribution in [3.05, 3.63) is 85.9 Å². The third kappa shape index (κ3) is 4.58. The average Bonchev–Trinajstić information content (AvgIpc) is 2.87. The standard InChI is InChI=1S/C25H22ClN3O6/c1-28-19-12-18(27-23(30)14-5-10-21(34-4)17(26)11-14)22(13-20(19)29(2)25(32)24(28)31)35-16-8-6-15(33-3)7-9-16/h5-13H,1-4H3,(H,27,30). The van der Waals surface area contributed by atoms with E-state index in [0.29, 0.717) is 39.5 Å². The van der Waals surface area contributed by atoms with Crippen LogP contribution in [0, 0.1) is 0 Å². The number of methoxy groups -OCH3 is 2. The first kappa shape index (κ1) is 23.9. The van der Waals surface area contributed by atoms with Gasteiger partial charge >= 0.3 is 11.1 Å². The summed E-state index contributed by atoms with van der Waals surface area (Å²) in [6, 6.07) is 14.7. The van der Waals surface area contributed by atoms with Crippen molar-refractivity contribution in [3.8, 4) is 23.0 Å². The van der Waals surface area contributed by atoms with Crippen LogP contribution >= 0.6 is 11.6 Å². The Labute approximate surface area is 205 Å². The summed E-state index contributed by atoms with van der Waals surface area (Å²) >= 11 is 6.18. The maximum absolute atomic E-state index is 13.1. The molecule has 1 amide bonds. The van der Waals surface area contributed by atoms with E-state index >= 15 is 0 Å². The van der Waals surface area contributed by atoms with Crippen LogP contribution in [0.25, 0.3) is 11.0 Å². The van der Waals surface area contributed by atoms with Gasteiger partial charge in [0, 0.05) is 25.7 Å². The fourth-order valence-corrected chi connectivity index (χ4v) is 3.81. The highest BCUT2D eigenvalue weighted by Gasteiger charge is 2.17. The number of fused-ring (bicyclic) bond motifs is 1. The minimum atomic E-state index is -0.692. The summed E-state index contributed by atoms with van der Waals surface area (Å²) in [4.78, 5) is 37.8. The van der Waals surface area contributed by atoms with Crippen molar-refractivity contribution >= 4 is 34.2 Å². The van der Waals surface area contributed by atoms with Crippen molar-refractivity contribution in [2.75, 3.05) is 19.5 Å². The lowest BCUT2D eigenvalue weighted by molar-refractivity contribution is 0.102. The van der Waals surface area contributed by atoms with E-state index < -0.39 is 17.0 Å². The second-order valence-electron chi connectivity index (χ2n) is 7.65. The Morgan fingerprint density at radius 1 is 0.800 bits per heavy atom. The summed E-state index contributed by atoms with van der Waals surface area (Å²) in [7, 11) is 6.03. The number of anilines is 1. The number of halogens is 1. The van der Waals surface area contributed by atoms with E-state index in [1.54, 1.807) is 55.6 Å². The van der Waals surface area contributed by atoms with Crippen molar-refractivity contribution in [1.82, 2.24) is 9.13 Å². The van der Waals surface area contributed by atoms with Gasteiger partial charge in [-0.15, -0.1) is 0 Å². The minimum Gasteiger partial charge on any atom is -0.497 e. The molecule has 4 rings (SSSR count). The molecule has 0 saturated heterocycles. The highest BCUT2D eigenvalue weighted by molar-refractivity contribution is 6.32. The monoisotopic (exact) mass is 495 g/mol. The molecule has 10 heteroatoms. The van der Waals surface area contributed by atoms with E-state index in [0.717, 1.165) is 0 Å². The largest absolute Gasteiger partial charge is 0.497 e. The molecule has 180 valence electrons. The molecule has 1 aromatic heterocycles. The Kier molecular flexibility index (Phi) is 6.52. The first-order valence-electron chi connectivity index (χ1n) is 10.4. The molecule has 0 aliphatic rings. The quantitative estimate of drug-likeness (QED) is 0.406. The molecule has 9 nitrogen and oxygen atoms in total. The number of benzene rings is 3. The molecular weight excluding hydrogens is 474 g/mol. The van der Waals surface area contributed by atoms with E-state index in [1.165, 1.54) is 36.4 Å². The molecule has 3 aromatic carbocycles. The highest BCUT2D eigenvalue weighted by Crippen LogP contribution is 2.34. The lowest BCUT2D eigenvalue weighted by atomic mass is 10.1. The number of rotatable bonds is 6. The third-order valence-corrected chi connectivity index (χ3v) is 5.84. The van der Waals surface area contributed by atoms with Crippen LogP contribution in [0.1, 0.15) is 10.4 Å². The number of aromatic nitrogens is 2. The molecule has 0 atom stereocenters. The van der Waals surface area contributed by atoms with Crippen molar-refractivity contribution in [2.45, 2.75) is 0 Å². The molecule has 0 aliphatic heterocycles. The van der Waals surface area contributed by atoms with Crippen LogP contribution in [-0.2, 0) is 14.1 Å². The molecule has 1 N–H and O–H groups in total. The molecule has 35 heavy (non-hydrogen) atoms. The predicted octanol–water partition coefficient (Wildman–Crippen LogP) is 3.95. The summed E-state index contributed by atoms with van der Waals surface area (Å²) in [6.45, 7) is 0. The van der Waals surface area contributed by atoms with Gasteiger partial charge in [0.1, 0.15) is 17.2 Å². The first-order valence-corrected chi connectivity index (χ1v) is 10.8. The SMILES string of the molecule is COc1ccc(Oc2cc3c(cc2NC(=O)c2ccc(OC)c(Cl)c2)n(C)c(=O)c(=O)n3C)cc1. The van der Waals surface area contributed by atoms with E-state index in [1.807, 2.05) is 0 Å². The number of carbonyl (C=O) groups is 1. The van der Waals surface area contributed by atoms with Crippen molar-refractivity contribution in [3.63, 3.8) is 0 Å². The fraction of sp³-hybridized carbons (Fsp3) is 0.160. The second-order valence-corrected chi connectivity index (χ2v) is 8.05. The van der Waals surface area contributed by atoms with Gasteiger partial charge in [-0.1, -0.05) is 11.6 Å². The van der Waals surface area contributed by atoms with E-state index in [4.69, 9.17) is 25.8 Å². The predicted molar refractivity (Wildman–Crippen MR) is 133 cm³/mol. The van der Waals surface area contributed by atoms with Crippen LogP contribution < -0.4 is 30.6 Å². The minimum absolute atomic E-state index is 0.268. The molecule has 1 heterocycles. The van der Waals surface area contributed by atoms with Crippen molar-refractivity contribution < 1.29 is 19.0 Å². The Morgan fingerprint density at radius 3 is 1.97 bits per heavy atom. The number of nitrogens with one attached hydrogen (secondary N) is 1. The number of hydrogen-bond acceptors (Lipinski definition) is 6. The van der Waals surface area contributed by atoms with Gasteiger partial charge in [-0.3, -0.25) is 14.4 Å². The van der Waals surface area contributed by atoms with Crippen LogP contribution in [0.3, 0.4) is 0 Å². The molecule has 0 radical (unpaired) electrons. The average molecular weight is 496 g/mol. The lowest BCUT2D eigenvalue weighted by Crippen LogP contribution is -2.39. The van der Waals surface area contributed by atoms with Crippen LogP contribution in [-0.4, -0.2) is 29.3 Å². The van der Waals surface area contributed by atoms with Gasteiger partial charge in [0.2, 0.25) is 0 Å². The lowest BCUT2D eigenvalue weighted by Gasteiger charge is -2.17. The summed E-state index contributed by atoms with van der Waals surface area (Å²) in [5, 5.41) is 3.10. The van der Waals surface area contributed by atoms with Gasteiger partial charge in [-0.05, 0) is 48.5 Å². The van der Waals surface area contributed by atoms with Crippen LogP contribution in [0.2, 0.25) is 5.02 Å². The van der Waals surface area contributed by atoms with Crippen molar-refractivity contribution in [1.29, 1.82) is 0 Å². The number of nitrogens with zero attached hydrogens (tertiary/aromatic N) is 2. The fourth-order valence-electron chi connectivity index (χ4n) is 3.56. The van der Waals surface area contributed by atoms with Gasteiger partial charge in [0.05, 0.1) is 36.0 Å². The molecular formula is C25H22ClN3O6. The third-order valence-electron chi connectivity index (χ3n) is 5.54. The van der Waals surface area contributed by atoms with Gasteiger partial charge < -0.3 is 28.7 Å². The molecule has 0 spiro atoms. The molecule has 4 aromatic rings. The smallest absolute Gasteiger partial charge is 0.316 e. The van der Waals surface area contributed by atoms with Gasteiger partial charge in [0.25, 0.3) is 5.91 Å². The van der Waals surface area contributed by atoms with Crippen LogP contribution in [0.5, 0.6) is 23.0 Å². The molecule has 0 bridgehead atoms. The first-order chi connectivity index (χ1) is 16.7. The summed E-state index contributed by atoms with van der Waals surface area (Å²) < 4.78 is 18.9. The topological polar surface area (TPSA) is 101 Å². The second kappa shape index (κ2) is 9.55. The van der Waals surface area contributed by atoms with Gasteiger partial charge in [-0.2, -0.15) is 0 Å². The number of amides is 1. The Morgan fingerprint density at radius 2 is 1.40 bits per heavy atom.